The van der Waals surface area contributed by atoms with Crippen LogP contribution in [0.3, 0.4) is 0 Å². The van der Waals surface area contributed by atoms with Crippen molar-refractivity contribution in [1.82, 2.24) is 10.2 Å². The molecular formula is C15H21N3O3. The molecule has 0 aliphatic carbocycles. The number of benzene rings is 1. The van der Waals surface area contributed by atoms with Crippen LogP contribution >= 0.6 is 0 Å². The minimum Gasteiger partial charge on any atom is -0.508 e. The molecule has 1 saturated heterocycles. The van der Waals surface area contributed by atoms with Crippen LogP contribution in [0.4, 0.5) is 0 Å². The number of hydrogen-bond donors (Lipinski definition) is 3. The molecule has 1 fully saturated rings. The van der Waals surface area contributed by atoms with Gasteiger partial charge in [0.15, 0.2) is 0 Å². The van der Waals surface area contributed by atoms with Gasteiger partial charge in [-0.05, 0) is 37.1 Å². The lowest BCUT2D eigenvalue weighted by atomic mass is 10.0. The standard InChI is InChI=1S/C15H21N3O3/c16-14(20)10-18(12-2-1-7-17-9-12)15(21)8-11-3-5-13(19)6-4-11/h3-6,12,17,19H,1-2,7-10H2,(H2,16,20). The summed E-state index contributed by atoms with van der Waals surface area (Å²) < 4.78 is 0. The number of carbonyl (C=O) groups is 2. The molecule has 1 unspecified atom stereocenters. The van der Waals surface area contributed by atoms with E-state index in [0.29, 0.717) is 6.54 Å². The maximum atomic E-state index is 12.5. The third-order valence-electron chi connectivity index (χ3n) is 3.65. The zero-order valence-corrected chi connectivity index (χ0v) is 11.9. The average Bonchev–Trinajstić information content (AvgIpc) is 2.48. The molecule has 0 saturated carbocycles. The minimum absolute atomic E-state index is 0.0101. The predicted molar refractivity (Wildman–Crippen MR) is 78.6 cm³/mol. The summed E-state index contributed by atoms with van der Waals surface area (Å²) in [4.78, 5) is 25.3. The summed E-state index contributed by atoms with van der Waals surface area (Å²) in [5.41, 5.74) is 6.07. The van der Waals surface area contributed by atoms with Crippen molar-refractivity contribution in [2.75, 3.05) is 19.6 Å². The Morgan fingerprint density at radius 1 is 1.33 bits per heavy atom. The molecule has 1 aromatic carbocycles. The zero-order chi connectivity index (χ0) is 15.2. The number of phenolic OH excluding ortho intramolecular Hbond substituents is 1. The number of primary amides is 1. The number of nitrogens with zero attached hydrogens (tertiary/aromatic N) is 1. The SMILES string of the molecule is NC(=O)CN(C(=O)Cc1ccc(O)cc1)C1CCCNC1. The molecule has 1 aliphatic rings. The first-order chi connectivity index (χ1) is 10.1. The first-order valence-electron chi connectivity index (χ1n) is 7.12. The van der Waals surface area contributed by atoms with Gasteiger partial charge in [-0.15, -0.1) is 0 Å². The van der Waals surface area contributed by atoms with Crippen molar-refractivity contribution in [3.63, 3.8) is 0 Å². The average molecular weight is 291 g/mol. The van der Waals surface area contributed by atoms with Crippen LogP contribution in [0.1, 0.15) is 18.4 Å². The highest BCUT2D eigenvalue weighted by Crippen LogP contribution is 2.14. The molecule has 4 N–H and O–H groups in total. The van der Waals surface area contributed by atoms with Crippen molar-refractivity contribution in [3.8, 4) is 5.75 Å². The fourth-order valence-corrected chi connectivity index (χ4v) is 2.58. The number of nitrogens with one attached hydrogen (secondary N) is 1. The van der Waals surface area contributed by atoms with Crippen molar-refractivity contribution in [1.29, 1.82) is 0 Å². The van der Waals surface area contributed by atoms with E-state index in [9.17, 15) is 14.7 Å². The van der Waals surface area contributed by atoms with E-state index in [1.165, 1.54) is 0 Å². The molecule has 114 valence electrons. The van der Waals surface area contributed by atoms with Crippen LogP contribution in [-0.2, 0) is 16.0 Å². The molecular weight excluding hydrogens is 270 g/mol. The van der Waals surface area contributed by atoms with Crippen molar-refractivity contribution in [2.24, 2.45) is 5.73 Å². The molecule has 0 spiro atoms. The highest BCUT2D eigenvalue weighted by atomic mass is 16.3. The molecule has 6 heteroatoms. The van der Waals surface area contributed by atoms with E-state index < -0.39 is 5.91 Å². The molecule has 1 aromatic rings. The molecule has 0 aromatic heterocycles. The summed E-state index contributed by atoms with van der Waals surface area (Å²) in [7, 11) is 0. The van der Waals surface area contributed by atoms with Crippen molar-refractivity contribution in [2.45, 2.75) is 25.3 Å². The topological polar surface area (TPSA) is 95.7 Å². The highest BCUT2D eigenvalue weighted by molar-refractivity contribution is 5.85. The number of piperidine rings is 1. The lowest BCUT2D eigenvalue weighted by Crippen LogP contribution is -2.51. The second-order valence-electron chi connectivity index (χ2n) is 5.33. The maximum absolute atomic E-state index is 12.5. The van der Waals surface area contributed by atoms with Gasteiger partial charge in [-0.3, -0.25) is 9.59 Å². The second kappa shape index (κ2) is 7.08. The number of hydrogen-bond acceptors (Lipinski definition) is 4. The Kier molecular flexibility index (Phi) is 5.16. The van der Waals surface area contributed by atoms with Gasteiger partial charge in [-0.1, -0.05) is 12.1 Å². The molecule has 1 heterocycles. The van der Waals surface area contributed by atoms with Crippen molar-refractivity contribution >= 4 is 11.8 Å². The Balaban J connectivity index is 2.05. The van der Waals surface area contributed by atoms with E-state index in [4.69, 9.17) is 5.73 Å². The van der Waals surface area contributed by atoms with E-state index in [2.05, 4.69) is 5.32 Å². The quantitative estimate of drug-likeness (QED) is 0.711. The predicted octanol–water partition coefficient (Wildman–Crippen LogP) is 0.000600. The number of phenols is 1. The van der Waals surface area contributed by atoms with Crippen LogP contribution in [0.15, 0.2) is 24.3 Å². The molecule has 0 bridgehead atoms. The molecule has 1 aliphatic heterocycles. The Morgan fingerprint density at radius 3 is 2.62 bits per heavy atom. The van der Waals surface area contributed by atoms with E-state index >= 15 is 0 Å². The highest BCUT2D eigenvalue weighted by Gasteiger charge is 2.26. The Hall–Kier alpha value is -2.08. The number of rotatable bonds is 5. The maximum Gasteiger partial charge on any atom is 0.237 e. The van der Waals surface area contributed by atoms with Gasteiger partial charge >= 0.3 is 0 Å². The lowest BCUT2D eigenvalue weighted by Gasteiger charge is -2.34. The second-order valence-corrected chi connectivity index (χ2v) is 5.33. The van der Waals surface area contributed by atoms with Gasteiger partial charge in [0.1, 0.15) is 5.75 Å². The fraction of sp³-hybridized carbons (Fsp3) is 0.467. The zero-order valence-electron chi connectivity index (χ0n) is 11.9. The first kappa shape index (κ1) is 15.3. The molecule has 21 heavy (non-hydrogen) atoms. The van der Waals surface area contributed by atoms with E-state index in [1.807, 2.05) is 0 Å². The summed E-state index contributed by atoms with van der Waals surface area (Å²) in [6.07, 6.45) is 2.05. The smallest absolute Gasteiger partial charge is 0.237 e. The third-order valence-corrected chi connectivity index (χ3v) is 3.65. The van der Waals surface area contributed by atoms with Gasteiger partial charge in [0.05, 0.1) is 13.0 Å². The fourth-order valence-electron chi connectivity index (χ4n) is 2.58. The summed E-state index contributed by atoms with van der Waals surface area (Å²) in [6, 6.07) is 6.51. The Labute approximate surface area is 123 Å². The summed E-state index contributed by atoms with van der Waals surface area (Å²) in [5, 5.41) is 12.5. The van der Waals surface area contributed by atoms with E-state index in [0.717, 1.165) is 24.9 Å². The summed E-state index contributed by atoms with van der Waals surface area (Å²) >= 11 is 0. The van der Waals surface area contributed by atoms with E-state index in [1.54, 1.807) is 29.2 Å². The van der Waals surface area contributed by atoms with Crippen LogP contribution in [0.5, 0.6) is 5.75 Å². The van der Waals surface area contributed by atoms with Crippen LogP contribution < -0.4 is 11.1 Å². The molecule has 2 rings (SSSR count). The Bertz CT molecular complexity index is 495. The largest absolute Gasteiger partial charge is 0.508 e. The first-order valence-corrected chi connectivity index (χ1v) is 7.12. The van der Waals surface area contributed by atoms with Gasteiger partial charge in [0.2, 0.25) is 11.8 Å². The number of nitrogens with two attached hydrogens (primary N) is 1. The van der Waals surface area contributed by atoms with Gasteiger partial charge < -0.3 is 21.1 Å². The summed E-state index contributed by atoms with van der Waals surface area (Å²) in [6.45, 7) is 1.57. The number of aromatic hydroxyl groups is 1. The number of carbonyl (C=O) groups excluding carboxylic acids is 2. The molecule has 6 nitrogen and oxygen atoms in total. The van der Waals surface area contributed by atoms with Crippen LogP contribution in [0, 0.1) is 0 Å². The normalized spacial score (nSPS) is 18.2. The van der Waals surface area contributed by atoms with Crippen molar-refractivity contribution in [3.05, 3.63) is 29.8 Å². The van der Waals surface area contributed by atoms with Gasteiger partial charge in [0.25, 0.3) is 0 Å². The lowest BCUT2D eigenvalue weighted by molar-refractivity contribution is -0.137. The molecule has 0 radical (unpaired) electrons. The molecule has 2 amide bonds. The van der Waals surface area contributed by atoms with Crippen LogP contribution in [-0.4, -0.2) is 47.5 Å². The van der Waals surface area contributed by atoms with Crippen LogP contribution in [0.25, 0.3) is 0 Å². The number of amides is 2. The minimum atomic E-state index is -0.500. The van der Waals surface area contributed by atoms with E-state index in [-0.39, 0.29) is 30.7 Å². The third kappa shape index (κ3) is 4.46. The monoisotopic (exact) mass is 291 g/mol. The molecule has 1 atom stereocenters. The van der Waals surface area contributed by atoms with Gasteiger partial charge in [-0.2, -0.15) is 0 Å². The Morgan fingerprint density at radius 2 is 2.05 bits per heavy atom. The van der Waals surface area contributed by atoms with Crippen molar-refractivity contribution < 1.29 is 14.7 Å². The summed E-state index contributed by atoms with van der Waals surface area (Å²) in [5.74, 6) is -0.454. The van der Waals surface area contributed by atoms with Gasteiger partial charge in [-0.25, -0.2) is 0 Å². The van der Waals surface area contributed by atoms with Gasteiger partial charge in [0, 0.05) is 12.6 Å². The van der Waals surface area contributed by atoms with Crippen LogP contribution in [0.2, 0.25) is 0 Å².